The van der Waals surface area contributed by atoms with Gasteiger partial charge in [0.05, 0.1) is 12.6 Å². The van der Waals surface area contributed by atoms with Crippen LogP contribution in [0.25, 0.3) is 0 Å². The van der Waals surface area contributed by atoms with Crippen molar-refractivity contribution in [2.45, 2.75) is 51.3 Å². The Morgan fingerprint density at radius 3 is 2.89 bits per heavy atom. The molecule has 7 heteroatoms. The summed E-state index contributed by atoms with van der Waals surface area (Å²) in [6.07, 6.45) is 5.55. The van der Waals surface area contributed by atoms with Crippen LogP contribution in [-0.2, 0) is 11.3 Å². The minimum Gasteiger partial charge on any atom is -0.454 e. The standard InChI is InChI=1S/C20H27N3O3.HI/c1-2-21-19(22-11-13-4-5-15-16(10-13)26-12-25-15)23-17-14-6-9-24-18(14)20(17)7-3-8-20;/h4-5,10,14,17-18H,2-3,6-9,11-12H2,1H3,(H2,21,22,23);1H. The van der Waals surface area contributed by atoms with E-state index in [1.54, 1.807) is 0 Å². The highest BCUT2D eigenvalue weighted by atomic mass is 127. The van der Waals surface area contributed by atoms with Crippen LogP contribution in [0.2, 0.25) is 0 Å². The molecule has 27 heavy (non-hydrogen) atoms. The van der Waals surface area contributed by atoms with Gasteiger partial charge in [0.25, 0.3) is 0 Å². The first-order chi connectivity index (χ1) is 12.8. The molecule has 2 N–H and O–H groups in total. The average Bonchev–Trinajstić information content (AvgIpc) is 3.23. The predicted octanol–water partition coefficient (Wildman–Crippen LogP) is 3.05. The van der Waals surface area contributed by atoms with Gasteiger partial charge < -0.3 is 24.8 Å². The van der Waals surface area contributed by atoms with E-state index in [-0.39, 0.29) is 24.0 Å². The maximum absolute atomic E-state index is 6.03. The Balaban J connectivity index is 0.00000180. The van der Waals surface area contributed by atoms with Crippen LogP contribution < -0.4 is 20.1 Å². The summed E-state index contributed by atoms with van der Waals surface area (Å²) >= 11 is 0. The number of benzene rings is 1. The summed E-state index contributed by atoms with van der Waals surface area (Å²) in [6, 6.07) is 6.53. The summed E-state index contributed by atoms with van der Waals surface area (Å²) in [5, 5.41) is 7.16. The van der Waals surface area contributed by atoms with E-state index < -0.39 is 0 Å². The van der Waals surface area contributed by atoms with Gasteiger partial charge in [-0.3, -0.25) is 0 Å². The minimum atomic E-state index is 0. The van der Waals surface area contributed by atoms with Gasteiger partial charge >= 0.3 is 0 Å². The molecule has 0 radical (unpaired) electrons. The second kappa shape index (κ2) is 7.66. The molecule has 3 atom stereocenters. The summed E-state index contributed by atoms with van der Waals surface area (Å²) < 4.78 is 16.9. The average molecular weight is 485 g/mol. The second-order valence-corrected chi connectivity index (χ2v) is 7.84. The van der Waals surface area contributed by atoms with Gasteiger partial charge in [-0.15, -0.1) is 24.0 Å². The van der Waals surface area contributed by atoms with Crippen LogP contribution in [0.3, 0.4) is 0 Å². The molecule has 3 fully saturated rings. The molecule has 6 nitrogen and oxygen atoms in total. The van der Waals surface area contributed by atoms with Crippen molar-refractivity contribution in [3.05, 3.63) is 23.8 Å². The van der Waals surface area contributed by atoms with Crippen molar-refractivity contribution in [1.82, 2.24) is 10.6 Å². The number of nitrogens with one attached hydrogen (secondary N) is 2. The Labute approximate surface area is 177 Å². The highest BCUT2D eigenvalue weighted by molar-refractivity contribution is 14.0. The molecule has 3 unspecified atom stereocenters. The number of aliphatic imine (C=N–C) groups is 1. The zero-order chi connectivity index (χ0) is 17.6. The van der Waals surface area contributed by atoms with E-state index in [2.05, 4.69) is 23.6 Å². The lowest BCUT2D eigenvalue weighted by molar-refractivity contribution is -0.171. The molecule has 2 aliphatic carbocycles. The molecule has 2 aliphatic heterocycles. The number of hydrogen-bond donors (Lipinski definition) is 2. The van der Waals surface area contributed by atoms with Crippen molar-refractivity contribution in [2.24, 2.45) is 16.3 Å². The maximum atomic E-state index is 6.03. The van der Waals surface area contributed by atoms with Crippen LogP contribution in [-0.4, -0.2) is 38.0 Å². The van der Waals surface area contributed by atoms with Gasteiger partial charge in [0, 0.05) is 30.5 Å². The van der Waals surface area contributed by atoms with Crippen molar-refractivity contribution in [3.8, 4) is 11.5 Å². The highest BCUT2D eigenvalue weighted by Crippen LogP contribution is 2.62. The Morgan fingerprint density at radius 2 is 2.11 bits per heavy atom. The van der Waals surface area contributed by atoms with Crippen LogP contribution in [0.4, 0.5) is 0 Å². The number of guanidine groups is 1. The molecule has 5 rings (SSSR count). The molecule has 1 saturated heterocycles. The van der Waals surface area contributed by atoms with Crippen molar-refractivity contribution in [3.63, 3.8) is 0 Å². The highest BCUT2D eigenvalue weighted by Gasteiger charge is 2.66. The summed E-state index contributed by atoms with van der Waals surface area (Å²) in [6.45, 7) is 4.81. The summed E-state index contributed by atoms with van der Waals surface area (Å²) in [5.74, 6) is 3.18. The fourth-order valence-corrected chi connectivity index (χ4v) is 5.13. The van der Waals surface area contributed by atoms with E-state index in [1.165, 1.54) is 25.7 Å². The van der Waals surface area contributed by atoms with Crippen LogP contribution in [0.1, 0.15) is 38.2 Å². The van der Waals surface area contributed by atoms with Gasteiger partial charge in [-0.05, 0) is 43.9 Å². The van der Waals surface area contributed by atoms with Gasteiger partial charge in [0.2, 0.25) is 6.79 Å². The normalized spacial score (nSPS) is 29.4. The summed E-state index contributed by atoms with van der Waals surface area (Å²) in [7, 11) is 0. The lowest BCUT2D eigenvalue weighted by Gasteiger charge is -2.63. The molecule has 4 aliphatic rings. The first-order valence-corrected chi connectivity index (χ1v) is 9.85. The SMILES string of the molecule is CCNC(=NCc1ccc2c(c1)OCO2)NC1C2CCOC2C12CCC2.I. The van der Waals surface area contributed by atoms with Crippen molar-refractivity contribution in [2.75, 3.05) is 19.9 Å². The first-order valence-electron chi connectivity index (χ1n) is 9.85. The van der Waals surface area contributed by atoms with Gasteiger partial charge in [-0.25, -0.2) is 4.99 Å². The second-order valence-electron chi connectivity index (χ2n) is 7.84. The van der Waals surface area contributed by atoms with Crippen molar-refractivity contribution in [1.29, 1.82) is 0 Å². The largest absolute Gasteiger partial charge is 0.454 e. The number of rotatable bonds is 4. The van der Waals surface area contributed by atoms with Gasteiger partial charge in [0.15, 0.2) is 17.5 Å². The molecule has 0 amide bonds. The minimum absolute atomic E-state index is 0. The molecule has 1 aromatic carbocycles. The lowest BCUT2D eigenvalue weighted by Crippen LogP contribution is -2.72. The smallest absolute Gasteiger partial charge is 0.231 e. The number of hydrogen-bond acceptors (Lipinski definition) is 4. The fourth-order valence-electron chi connectivity index (χ4n) is 5.13. The van der Waals surface area contributed by atoms with Crippen molar-refractivity contribution < 1.29 is 14.2 Å². The van der Waals surface area contributed by atoms with Crippen LogP contribution in [0.15, 0.2) is 23.2 Å². The fraction of sp³-hybridized carbons (Fsp3) is 0.650. The molecule has 148 valence electrons. The molecule has 1 spiro atoms. The Bertz CT molecular complexity index is 722. The Morgan fingerprint density at radius 1 is 1.26 bits per heavy atom. The van der Waals surface area contributed by atoms with Crippen molar-refractivity contribution >= 4 is 29.9 Å². The number of halogens is 1. The van der Waals surface area contributed by atoms with E-state index in [0.29, 0.717) is 36.8 Å². The van der Waals surface area contributed by atoms with Crippen LogP contribution >= 0.6 is 24.0 Å². The molecule has 0 bridgehead atoms. The number of ether oxygens (including phenoxy) is 3. The van der Waals surface area contributed by atoms with Gasteiger partial charge in [0.1, 0.15) is 0 Å². The Kier molecular flexibility index (Phi) is 5.42. The van der Waals surface area contributed by atoms with Gasteiger partial charge in [-0.1, -0.05) is 12.5 Å². The molecular weight excluding hydrogens is 457 g/mol. The van der Waals surface area contributed by atoms with E-state index >= 15 is 0 Å². The summed E-state index contributed by atoms with van der Waals surface area (Å²) in [5.41, 5.74) is 1.48. The number of fused-ring (bicyclic) bond motifs is 3. The third-order valence-electron chi connectivity index (χ3n) is 6.53. The van der Waals surface area contributed by atoms with E-state index in [0.717, 1.165) is 36.2 Å². The first kappa shape index (κ1) is 19.1. The zero-order valence-corrected chi connectivity index (χ0v) is 18.0. The van der Waals surface area contributed by atoms with E-state index in [1.807, 2.05) is 12.1 Å². The van der Waals surface area contributed by atoms with E-state index in [4.69, 9.17) is 19.2 Å². The number of nitrogens with zero attached hydrogens (tertiary/aromatic N) is 1. The quantitative estimate of drug-likeness (QED) is 0.390. The molecule has 2 heterocycles. The Hall–Kier alpha value is -1.22. The van der Waals surface area contributed by atoms with Gasteiger partial charge in [-0.2, -0.15) is 0 Å². The molecule has 0 aromatic heterocycles. The summed E-state index contributed by atoms with van der Waals surface area (Å²) in [4.78, 5) is 4.83. The third-order valence-corrected chi connectivity index (χ3v) is 6.53. The predicted molar refractivity (Wildman–Crippen MR) is 114 cm³/mol. The lowest BCUT2D eigenvalue weighted by atomic mass is 9.46. The molecule has 1 aromatic rings. The van der Waals surface area contributed by atoms with Crippen LogP contribution in [0.5, 0.6) is 11.5 Å². The molecule has 2 saturated carbocycles. The topological polar surface area (TPSA) is 64.1 Å². The zero-order valence-electron chi connectivity index (χ0n) is 15.7. The van der Waals surface area contributed by atoms with E-state index in [9.17, 15) is 0 Å². The maximum Gasteiger partial charge on any atom is 0.231 e. The third kappa shape index (κ3) is 3.16. The monoisotopic (exact) mass is 485 g/mol. The molecular formula is C20H28IN3O3. The van der Waals surface area contributed by atoms with Crippen LogP contribution in [0, 0.1) is 11.3 Å².